The first-order valence-corrected chi connectivity index (χ1v) is 5.54. The number of hydrogen-bond donors (Lipinski definition) is 1. The zero-order valence-electron chi connectivity index (χ0n) is 8.75. The van der Waals surface area contributed by atoms with E-state index in [1.54, 1.807) is 13.0 Å². The van der Waals surface area contributed by atoms with Gasteiger partial charge in [0.1, 0.15) is 0 Å². The third-order valence-electron chi connectivity index (χ3n) is 2.11. The van der Waals surface area contributed by atoms with Gasteiger partial charge in [-0.25, -0.2) is 4.63 Å². The largest absolute Gasteiger partial charge is 0.416 e. The normalized spacial score (nSPS) is 11.1. The maximum atomic E-state index is 5.74. The minimum Gasteiger partial charge on any atom is -0.416 e. The van der Waals surface area contributed by atoms with Crippen LogP contribution in [0.5, 0.6) is 0 Å². The van der Waals surface area contributed by atoms with Gasteiger partial charge in [0.15, 0.2) is 11.0 Å². The number of nitrogens with zero attached hydrogens (tertiary/aromatic N) is 4. The van der Waals surface area contributed by atoms with Crippen LogP contribution in [-0.2, 0) is 0 Å². The predicted octanol–water partition coefficient (Wildman–Crippen LogP) is 1.65. The fourth-order valence-corrected chi connectivity index (χ4v) is 2.16. The van der Waals surface area contributed by atoms with E-state index >= 15 is 0 Å². The highest BCUT2D eigenvalue weighted by molar-refractivity contribution is 7.99. The molecule has 0 unspecified atom stereocenters. The molecule has 0 fully saturated rings. The molecule has 0 bridgehead atoms. The highest BCUT2D eigenvalue weighted by Gasteiger charge is 2.13. The Morgan fingerprint density at radius 3 is 2.76 bits per heavy atom. The first-order chi connectivity index (χ1) is 8.24. The number of nitrogen functional groups attached to an aromatic ring is 1. The molecular formula is C9H7N5O2S. The Morgan fingerprint density at radius 1 is 1.18 bits per heavy atom. The summed E-state index contributed by atoms with van der Waals surface area (Å²) in [5.41, 5.74) is 7.39. The summed E-state index contributed by atoms with van der Waals surface area (Å²) in [4.78, 5) is 0.805. The minimum absolute atomic E-state index is 0.441. The quantitative estimate of drug-likeness (QED) is 0.683. The average molecular weight is 249 g/mol. The van der Waals surface area contributed by atoms with Gasteiger partial charge in [-0.15, -0.1) is 10.2 Å². The van der Waals surface area contributed by atoms with Crippen LogP contribution < -0.4 is 5.73 Å². The minimum atomic E-state index is 0.441. The molecule has 3 rings (SSSR count). The molecule has 0 spiro atoms. The van der Waals surface area contributed by atoms with Crippen LogP contribution in [-0.4, -0.2) is 20.5 Å². The van der Waals surface area contributed by atoms with E-state index in [1.807, 2.05) is 6.07 Å². The van der Waals surface area contributed by atoms with Gasteiger partial charge in [0.2, 0.25) is 5.89 Å². The molecule has 86 valence electrons. The number of aryl methyl sites for hydroxylation is 1. The van der Waals surface area contributed by atoms with Crippen molar-refractivity contribution in [2.45, 2.75) is 17.0 Å². The number of benzene rings is 1. The Balaban J connectivity index is 2.06. The zero-order valence-corrected chi connectivity index (χ0v) is 9.56. The Morgan fingerprint density at radius 2 is 2.00 bits per heavy atom. The lowest BCUT2D eigenvalue weighted by atomic mass is 10.3. The van der Waals surface area contributed by atoms with E-state index < -0.39 is 0 Å². The third kappa shape index (κ3) is 1.72. The van der Waals surface area contributed by atoms with E-state index in [0.717, 1.165) is 4.90 Å². The lowest BCUT2D eigenvalue weighted by molar-refractivity contribution is 0.315. The molecule has 2 aromatic heterocycles. The molecule has 0 saturated heterocycles. The summed E-state index contributed by atoms with van der Waals surface area (Å²) in [5.74, 6) is 0.512. The van der Waals surface area contributed by atoms with Gasteiger partial charge in [0.05, 0.1) is 5.69 Å². The summed E-state index contributed by atoms with van der Waals surface area (Å²) in [5, 5.41) is 15.6. The summed E-state index contributed by atoms with van der Waals surface area (Å²) in [6, 6.07) is 3.55. The molecule has 2 N–H and O–H groups in total. The molecule has 0 aliphatic rings. The molecule has 0 amide bonds. The fourth-order valence-electron chi connectivity index (χ4n) is 1.36. The summed E-state index contributed by atoms with van der Waals surface area (Å²) in [6.07, 6.45) is 0. The first kappa shape index (κ1) is 10.1. The topological polar surface area (TPSA) is 104 Å². The highest BCUT2D eigenvalue weighted by Crippen LogP contribution is 2.33. The molecule has 3 aromatic rings. The van der Waals surface area contributed by atoms with Gasteiger partial charge in [-0.3, -0.25) is 0 Å². The molecule has 0 aliphatic heterocycles. The highest BCUT2D eigenvalue weighted by atomic mass is 32.2. The third-order valence-corrected chi connectivity index (χ3v) is 3.00. The maximum absolute atomic E-state index is 5.74. The molecule has 0 atom stereocenters. The van der Waals surface area contributed by atoms with Crippen molar-refractivity contribution in [2.75, 3.05) is 5.73 Å². The Hall–Kier alpha value is -2.09. The van der Waals surface area contributed by atoms with Gasteiger partial charge < -0.3 is 10.2 Å². The van der Waals surface area contributed by atoms with E-state index in [-0.39, 0.29) is 0 Å². The molecular weight excluding hydrogens is 242 g/mol. The second kappa shape index (κ2) is 3.74. The number of fused-ring (bicyclic) bond motifs is 1. The molecule has 7 nitrogen and oxygen atoms in total. The smallest absolute Gasteiger partial charge is 0.281 e. The average Bonchev–Trinajstić information content (AvgIpc) is 2.92. The van der Waals surface area contributed by atoms with Crippen LogP contribution in [0.25, 0.3) is 11.0 Å². The lowest BCUT2D eigenvalue weighted by Gasteiger charge is -1.98. The summed E-state index contributed by atoms with van der Waals surface area (Å²) >= 11 is 1.29. The van der Waals surface area contributed by atoms with Gasteiger partial charge in [0.25, 0.3) is 5.22 Å². The molecule has 0 aliphatic carbocycles. The van der Waals surface area contributed by atoms with Crippen molar-refractivity contribution in [3.63, 3.8) is 0 Å². The summed E-state index contributed by atoms with van der Waals surface area (Å²) < 4.78 is 9.94. The van der Waals surface area contributed by atoms with Gasteiger partial charge in [0, 0.05) is 11.8 Å². The Kier molecular flexibility index (Phi) is 2.22. The van der Waals surface area contributed by atoms with Crippen molar-refractivity contribution in [1.29, 1.82) is 0 Å². The lowest BCUT2D eigenvalue weighted by Crippen LogP contribution is -1.87. The predicted molar refractivity (Wildman–Crippen MR) is 59.4 cm³/mol. The van der Waals surface area contributed by atoms with Gasteiger partial charge in [-0.1, -0.05) is 0 Å². The van der Waals surface area contributed by atoms with E-state index in [0.29, 0.717) is 27.8 Å². The number of aromatic nitrogens is 4. The monoisotopic (exact) mass is 249 g/mol. The summed E-state index contributed by atoms with van der Waals surface area (Å²) in [7, 11) is 0. The number of hydrogen-bond acceptors (Lipinski definition) is 8. The molecule has 2 heterocycles. The molecule has 8 heteroatoms. The van der Waals surface area contributed by atoms with Crippen molar-refractivity contribution in [1.82, 2.24) is 20.5 Å². The Labute approximate surface area is 99.3 Å². The van der Waals surface area contributed by atoms with Crippen LogP contribution in [0.4, 0.5) is 5.69 Å². The van der Waals surface area contributed by atoms with Crippen LogP contribution >= 0.6 is 11.8 Å². The van der Waals surface area contributed by atoms with Crippen molar-refractivity contribution in [3.05, 3.63) is 18.0 Å². The number of anilines is 1. The van der Waals surface area contributed by atoms with E-state index in [9.17, 15) is 0 Å². The first-order valence-electron chi connectivity index (χ1n) is 4.73. The molecule has 17 heavy (non-hydrogen) atoms. The molecule has 1 aromatic carbocycles. The van der Waals surface area contributed by atoms with E-state index in [4.69, 9.17) is 10.2 Å². The van der Waals surface area contributed by atoms with Crippen molar-refractivity contribution in [2.24, 2.45) is 0 Å². The second-order valence-electron chi connectivity index (χ2n) is 3.30. The van der Waals surface area contributed by atoms with Crippen molar-refractivity contribution >= 4 is 28.5 Å². The van der Waals surface area contributed by atoms with Crippen LogP contribution in [0.2, 0.25) is 0 Å². The van der Waals surface area contributed by atoms with Gasteiger partial charge in [-0.05, 0) is 34.2 Å². The van der Waals surface area contributed by atoms with E-state index in [2.05, 4.69) is 25.1 Å². The molecule has 0 radical (unpaired) electrons. The van der Waals surface area contributed by atoms with Gasteiger partial charge in [-0.2, -0.15) is 0 Å². The maximum Gasteiger partial charge on any atom is 0.281 e. The zero-order chi connectivity index (χ0) is 11.8. The number of rotatable bonds is 2. The van der Waals surface area contributed by atoms with Crippen LogP contribution in [0, 0.1) is 6.92 Å². The fraction of sp³-hybridized carbons (Fsp3) is 0.111. The summed E-state index contributed by atoms with van der Waals surface area (Å²) in [6.45, 7) is 1.73. The number of nitrogens with two attached hydrogens (primary N) is 1. The standard InChI is InChI=1S/C9H7N5O2S/c1-4-11-12-9(15-4)17-6-3-2-5(10)7-8(6)14-16-13-7/h2-3H,10H2,1H3. The second-order valence-corrected chi connectivity index (χ2v) is 4.30. The van der Waals surface area contributed by atoms with Crippen molar-refractivity contribution in [3.8, 4) is 0 Å². The van der Waals surface area contributed by atoms with Crippen LogP contribution in [0.15, 0.2) is 31.3 Å². The van der Waals surface area contributed by atoms with Crippen LogP contribution in [0.1, 0.15) is 5.89 Å². The van der Waals surface area contributed by atoms with Gasteiger partial charge >= 0.3 is 0 Å². The SMILES string of the molecule is Cc1nnc(Sc2ccc(N)c3nonc23)o1. The molecule has 0 saturated carbocycles. The van der Waals surface area contributed by atoms with Crippen molar-refractivity contribution < 1.29 is 9.05 Å². The van der Waals surface area contributed by atoms with Crippen LogP contribution in [0.3, 0.4) is 0 Å². The van der Waals surface area contributed by atoms with E-state index in [1.165, 1.54) is 11.8 Å². The Bertz CT molecular complexity index is 677.